The highest BCUT2D eigenvalue weighted by Gasteiger charge is 2.24. The normalized spacial score (nSPS) is 17.2. The molecule has 6 nitrogen and oxygen atoms in total. The van der Waals surface area contributed by atoms with Gasteiger partial charge in [-0.25, -0.2) is 0 Å². The van der Waals surface area contributed by atoms with E-state index in [0.29, 0.717) is 18.1 Å². The third-order valence-electron chi connectivity index (χ3n) is 3.59. The van der Waals surface area contributed by atoms with Gasteiger partial charge in [0.25, 0.3) is 0 Å². The summed E-state index contributed by atoms with van der Waals surface area (Å²) < 4.78 is 0. The van der Waals surface area contributed by atoms with Gasteiger partial charge < -0.3 is 10.2 Å². The Kier molecular flexibility index (Phi) is 4.30. The molecule has 112 valence electrons. The number of nitriles is 1. The maximum absolute atomic E-state index is 12.0. The molecule has 1 fully saturated rings. The average molecular weight is 313 g/mol. The lowest BCUT2D eigenvalue weighted by Gasteiger charge is -2.08. The van der Waals surface area contributed by atoms with Crippen LogP contribution < -0.4 is 5.32 Å². The van der Waals surface area contributed by atoms with Crippen molar-refractivity contribution in [3.63, 3.8) is 0 Å². The van der Waals surface area contributed by atoms with E-state index in [2.05, 4.69) is 21.7 Å². The van der Waals surface area contributed by atoms with Gasteiger partial charge in [-0.15, -0.1) is 10.2 Å². The summed E-state index contributed by atoms with van der Waals surface area (Å²) in [7, 11) is 0. The van der Waals surface area contributed by atoms with Gasteiger partial charge in [0.05, 0.1) is 0 Å². The van der Waals surface area contributed by atoms with Crippen molar-refractivity contribution in [3.05, 3.63) is 30.3 Å². The van der Waals surface area contributed by atoms with Crippen molar-refractivity contribution >= 4 is 22.4 Å². The maximum atomic E-state index is 12.0. The number of rotatable bonds is 4. The van der Waals surface area contributed by atoms with Crippen LogP contribution in [0.3, 0.4) is 0 Å². The van der Waals surface area contributed by atoms with Crippen molar-refractivity contribution in [1.82, 2.24) is 15.1 Å². The minimum absolute atomic E-state index is 0.0689. The number of amides is 1. The number of hydrogen-bond acceptors (Lipinski definition) is 6. The highest BCUT2D eigenvalue weighted by molar-refractivity contribution is 7.18. The molecule has 0 saturated carbocycles. The molecule has 0 aliphatic carbocycles. The van der Waals surface area contributed by atoms with Gasteiger partial charge >= 0.3 is 0 Å². The van der Waals surface area contributed by atoms with Gasteiger partial charge in [0.15, 0.2) is 6.19 Å². The molecule has 1 aliphatic heterocycles. The molecule has 1 aromatic carbocycles. The number of nitrogens with zero attached hydrogens (tertiary/aromatic N) is 4. The van der Waals surface area contributed by atoms with Crippen molar-refractivity contribution < 1.29 is 4.79 Å². The molecule has 2 heterocycles. The van der Waals surface area contributed by atoms with Crippen molar-refractivity contribution in [3.8, 4) is 16.8 Å². The van der Waals surface area contributed by atoms with Crippen LogP contribution in [0.5, 0.6) is 0 Å². The van der Waals surface area contributed by atoms with Crippen LogP contribution in [0, 0.1) is 17.4 Å². The SMILES string of the molecule is N#CN1CCC(CC(=O)Nc2nnc(-c3ccccc3)s2)C1. The number of aromatic nitrogens is 2. The van der Waals surface area contributed by atoms with Gasteiger partial charge in [0.2, 0.25) is 11.0 Å². The van der Waals surface area contributed by atoms with E-state index in [1.54, 1.807) is 4.90 Å². The summed E-state index contributed by atoms with van der Waals surface area (Å²) in [4.78, 5) is 13.7. The van der Waals surface area contributed by atoms with E-state index < -0.39 is 0 Å². The zero-order chi connectivity index (χ0) is 15.4. The number of carbonyl (C=O) groups is 1. The van der Waals surface area contributed by atoms with Gasteiger partial charge in [0.1, 0.15) is 5.01 Å². The van der Waals surface area contributed by atoms with E-state index in [-0.39, 0.29) is 11.8 Å². The van der Waals surface area contributed by atoms with Crippen LogP contribution in [-0.2, 0) is 4.79 Å². The second-order valence-corrected chi connectivity index (χ2v) is 6.21. The first kappa shape index (κ1) is 14.5. The van der Waals surface area contributed by atoms with Crippen molar-refractivity contribution in [1.29, 1.82) is 5.26 Å². The van der Waals surface area contributed by atoms with Crippen molar-refractivity contribution in [2.24, 2.45) is 5.92 Å². The molecule has 0 radical (unpaired) electrons. The van der Waals surface area contributed by atoms with E-state index in [4.69, 9.17) is 5.26 Å². The Bertz CT molecular complexity index is 693. The Morgan fingerprint density at radius 2 is 2.23 bits per heavy atom. The summed E-state index contributed by atoms with van der Waals surface area (Å²) >= 11 is 1.36. The largest absolute Gasteiger partial charge is 0.310 e. The minimum atomic E-state index is -0.0689. The summed E-state index contributed by atoms with van der Waals surface area (Å²) in [5, 5.41) is 21.0. The summed E-state index contributed by atoms with van der Waals surface area (Å²) in [6.45, 7) is 1.40. The Balaban J connectivity index is 1.57. The van der Waals surface area contributed by atoms with E-state index in [1.165, 1.54) is 11.3 Å². The predicted octanol–water partition coefficient (Wildman–Crippen LogP) is 2.34. The summed E-state index contributed by atoms with van der Waals surface area (Å²) in [6, 6.07) is 9.74. The zero-order valence-corrected chi connectivity index (χ0v) is 12.7. The van der Waals surface area contributed by atoms with Crippen LogP contribution in [0.25, 0.3) is 10.6 Å². The van der Waals surface area contributed by atoms with Crippen molar-refractivity contribution in [2.45, 2.75) is 12.8 Å². The Morgan fingerprint density at radius 3 is 2.95 bits per heavy atom. The fraction of sp³-hybridized carbons (Fsp3) is 0.333. The highest BCUT2D eigenvalue weighted by Crippen LogP contribution is 2.26. The second-order valence-electron chi connectivity index (χ2n) is 5.23. The predicted molar refractivity (Wildman–Crippen MR) is 83.9 cm³/mol. The molecule has 1 N–H and O–H groups in total. The second kappa shape index (κ2) is 6.54. The molecule has 2 aromatic rings. The number of likely N-dealkylation sites (tertiary alicyclic amines) is 1. The fourth-order valence-electron chi connectivity index (χ4n) is 2.49. The average Bonchev–Trinajstić information content (AvgIpc) is 3.17. The summed E-state index contributed by atoms with van der Waals surface area (Å²) in [5.41, 5.74) is 0.987. The molecular weight excluding hydrogens is 298 g/mol. The van der Waals surface area contributed by atoms with E-state index in [9.17, 15) is 4.79 Å². The highest BCUT2D eigenvalue weighted by atomic mass is 32.1. The molecule has 0 spiro atoms. The van der Waals surface area contributed by atoms with Gasteiger partial charge in [-0.2, -0.15) is 5.26 Å². The molecule has 1 aromatic heterocycles. The van der Waals surface area contributed by atoms with E-state index >= 15 is 0 Å². The smallest absolute Gasteiger partial charge is 0.226 e. The van der Waals surface area contributed by atoms with Crippen LogP contribution >= 0.6 is 11.3 Å². The lowest BCUT2D eigenvalue weighted by Crippen LogP contribution is -2.19. The molecular formula is C15H15N5OS. The molecule has 3 rings (SSSR count). The van der Waals surface area contributed by atoms with Crippen LogP contribution in [0.1, 0.15) is 12.8 Å². The Labute approximate surface area is 132 Å². The molecule has 1 saturated heterocycles. The molecule has 0 bridgehead atoms. The standard InChI is InChI=1S/C15H15N5OS/c16-10-20-7-6-11(9-20)8-13(21)17-15-19-18-14(22-15)12-4-2-1-3-5-12/h1-5,11H,6-9H2,(H,17,19,21). The van der Waals surface area contributed by atoms with Crippen LogP contribution in [-0.4, -0.2) is 34.1 Å². The lowest BCUT2D eigenvalue weighted by atomic mass is 10.1. The zero-order valence-electron chi connectivity index (χ0n) is 11.9. The third kappa shape index (κ3) is 3.40. The van der Waals surface area contributed by atoms with Crippen LogP contribution in [0.4, 0.5) is 5.13 Å². The molecule has 22 heavy (non-hydrogen) atoms. The van der Waals surface area contributed by atoms with Crippen LogP contribution in [0.15, 0.2) is 30.3 Å². The van der Waals surface area contributed by atoms with Gasteiger partial charge in [-0.3, -0.25) is 4.79 Å². The number of anilines is 1. The quantitative estimate of drug-likeness (QED) is 0.876. The number of hydrogen-bond donors (Lipinski definition) is 1. The monoisotopic (exact) mass is 313 g/mol. The molecule has 1 unspecified atom stereocenters. The first-order chi connectivity index (χ1) is 10.7. The lowest BCUT2D eigenvalue weighted by molar-refractivity contribution is -0.117. The van der Waals surface area contributed by atoms with Crippen molar-refractivity contribution in [2.75, 3.05) is 18.4 Å². The number of nitrogens with one attached hydrogen (secondary N) is 1. The molecule has 1 atom stereocenters. The minimum Gasteiger partial charge on any atom is -0.310 e. The molecule has 7 heteroatoms. The molecule has 1 amide bonds. The van der Waals surface area contributed by atoms with Gasteiger partial charge in [-0.1, -0.05) is 41.7 Å². The van der Waals surface area contributed by atoms with Crippen LogP contribution in [0.2, 0.25) is 0 Å². The summed E-state index contributed by atoms with van der Waals surface area (Å²) in [6.07, 6.45) is 3.42. The van der Waals surface area contributed by atoms with E-state index in [0.717, 1.165) is 23.5 Å². The number of carbonyl (C=O) groups excluding carboxylic acids is 1. The first-order valence-electron chi connectivity index (χ1n) is 7.08. The Morgan fingerprint density at radius 1 is 1.41 bits per heavy atom. The molecule has 1 aliphatic rings. The maximum Gasteiger partial charge on any atom is 0.226 e. The topological polar surface area (TPSA) is 81.9 Å². The van der Waals surface area contributed by atoms with Gasteiger partial charge in [0, 0.05) is 25.1 Å². The Hall–Kier alpha value is -2.46. The number of benzene rings is 1. The third-order valence-corrected chi connectivity index (χ3v) is 4.48. The summed E-state index contributed by atoms with van der Waals surface area (Å²) in [5.74, 6) is 0.168. The fourth-order valence-corrected chi connectivity index (χ4v) is 3.26. The first-order valence-corrected chi connectivity index (χ1v) is 7.89. The van der Waals surface area contributed by atoms with Gasteiger partial charge in [-0.05, 0) is 12.3 Å². The van der Waals surface area contributed by atoms with E-state index in [1.807, 2.05) is 30.3 Å².